The molecule has 0 unspecified atom stereocenters. The summed E-state index contributed by atoms with van der Waals surface area (Å²) in [5, 5.41) is 3.13. The van der Waals surface area contributed by atoms with Gasteiger partial charge in [-0.3, -0.25) is 9.59 Å². The highest BCUT2D eigenvalue weighted by Crippen LogP contribution is 2.30. The maximum atomic E-state index is 12.2. The minimum absolute atomic E-state index is 0.391. The zero-order valence-corrected chi connectivity index (χ0v) is 14.9. The molecule has 4 nitrogen and oxygen atoms in total. The molecule has 0 aliphatic heterocycles. The Labute approximate surface area is 146 Å². The van der Waals surface area contributed by atoms with Gasteiger partial charge in [-0.15, -0.1) is 0 Å². The third-order valence-electron chi connectivity index (χ3n) is 4.67. The lowest BCUT2D eigenvalue weighted by atomic mass is 9.91. The van der Waals surface area contributed by atoms with E-state index in [9.17, 15) is 9.59 Å². The molecule has 0 spiro atoms. The van der Waals surface area contributed by atoms with E-state index in [1.54, 1.807) is 7.11 Å². The molecule has 4 heteroatoms. The molecule has 0 amide bonds. The van der Waals surface area contributed by atoms with E-state index >= 15 is 0 Å². The second-order valence-electron chi connectivity index (χ2n) is 6.33. The van der Waals surface area contributed by atoms with E-state index < -0.39 is 10.9 Å². The second-order valence-corrected chi connectivity index (χ2v) is 6.33. The van der Waals surface area contributed by atoms with Crippen LogP contribution in [0.25, 0.3) is 11.1 Å². The molecule has 0 bridgehead atoms. The lowest BCUT2D eigenvalue weighted by Gasteiger charge is -2.17. The van der Waals surface area contributed by atoms with Crippen LogP contribution in [0.5, 0.6) is 5.75 Å². The van der Waals surface area contributed by atoms with E-state index in [1.807, 2.05) is 57.2 Å². The van der Waals surface area contributed by atoms with Gasteiger partial charge in [-0.25, -0.2) is 0 Å². The van der Waals surface area contributed by atoms with Crippen LogP contribution in [0.4, 0.5) is 5.69 Å². The predicted octanol–water partition coefficient (Wildman–Crippen LogP) is 3.50. The molecule has 3 rings (SSSR count). The van der Waals surface area contributed by atoms with E-state index in [2.05, 4.69) is 5.32 Å². The van der Waals surface area contributed by atoms with Crippen LogP contribution in [-0.2, 0) is 6.54 Å². The first kappa shape index (κ1) is 17.0. The molecule has 0 aromatic heterocycles. The number of ether oxygens (including phenoxy) is 1. The summed E-state index contributed by atoms with van der Waals surface area (Å²) >= 11 is 0. The van der Waals surface area contributed by atoms with Crippen LogP contribution in [0.2, 0.25) is 0 Å². The highest BCUT2D eigenvalue weighted by Gasteiger charge is 2.23. The third-order valence-corrected chi connectivity index (χ3v) is 4.67. The molecule has 0 aliphatic carbocycles. The van der Waals surface area contributed by atoms with Crippen molar-refractivity contribution in [1.82, 2.24) is 0 Å². The fourth-order valence-corrected chi connectivity index (χ4v) is 3.08. The third kappa shape index (κ3) is 2.95. The quantitative estimate of drug-likeness (QED) is 0.725. The first-order chi connectivity index (χ1) is 11.9. The molecular weight excluding hydrogens is 314 g/mol. The summed E-state index contributed by atoms with van der Waals surface area (Å²) in [5.41, 5.74) is 5.03. The summed E-state index contributed by atoms with van der Waals surface area (Å²) in [5.74, 6) is 0.748. The number of hydrogen-bond donors (Lipinski definition) is 1. The van der Waals surface area contributed by atoms with Crippen molar-refractivity contribution in [1.29, 1.82) is 0 Å². The van der Waals surface area contributed by atoms with Gasteiger partial charge in [-0.2, -0.15) is 0 Å². The van der Waals surface area contributed by atoms with Gasteiger partial charge in [0.2, 0.25) is 10.9 Å². The Balaban J connectivity index is 1.95. The summed E-state index contributed by atoms with van der Waals surface area (Å²) < 4.78 is 5.33. The first-order valence-electron chi connectivity index (χ1n) is 8.21. The van der Waals surface area contributed by atoms with Crippen LogP contribution in [-0.4, -0.2) is 7.11 Å². The molecular formula is C21H21NO3. The molecule has 0 saturated heterocycles. The van der Waals surface area contributed by atoms with Crippen LogP contribution in [0.3, 0.4) is 0 Å². The Bertz CT molecular complexity index is 1010. The Morgan fingerprint density at radius 1 is 0.920 bits per heavy atom. The van der Waals surface area contributed by atoms with Crippen molar-refractivity contribution >= 4 is 5.69 Å². The van der Waals surface area contributed by atoms with Gasteiger partial charge in [0, 0.05) is 12.1 Å². The van der Waals surface area contributed by atoms with Gasteiger partial charge in [0.05, 0.1) is 18.4 Å². The van der Waals surface area contributed by atoms with E-state index in [0.717, 1.165) is 28.0 Å². The maximum Gasteiger partial charge on any atom is 0.250 e. The fraction of sp³-hybridized carbons (Fsp3) is 0.238. The smallest absolute Gasteiger partial charge is 0.250 e. The number of nitrogens with one attached hydrogen (secondary N) is 1. The maximum absolute atomic E-state index is 12.2. The summed E-state index contributed by atoms with van der Waals surface area (Å²) in [6.45, 7) is 6.43. The van der Waals surface area contributed by atoms with Crippen molar-refractivity contribution in [3.8, 4) is 16.9 Å². The Kier molecular flexibility index (Phi) is 4.45. The van der Waals surface area contributed by atoms with Crippen LogP contribution in [0.15, 0.2) is 46.0 Å². The Morgan fingerprint density at radius 2 is 1.60 bits per heavy atom. The van der Waals surface area contributed by atoms with Gasteiger partial charge in [0.15, 0.2) is 0 Å². The highest BCUT2D eigenvalue weighted by atomic mass is 16.5. The molecule has 0 aliphatic rings. The first-order valence-corrected chi connectivity index (χ1v) is 8.21. The van der Waals surface area contributed by atoms with Gasteiger partial charge in [0.1, 0.15) is 5.75 Å². The van der Waals surface area contributed by atoms with Crippen molar-refractivity contribution in [2.24, 2.45) is 0 Å². The van der Waals surface area contributed by atoms with Gasteiger partial charge in [-0.1, -0.05) is 30.3 Å². The molecule has 3 aromatic rings. The molecule has 0 radical (unpaired) electrons. The molecule has 0 heterocycles. The zero-order chi connectivity index (χ0) is 18.1. The van der Waals surface area contributed by atoms with Gasteiger partial charge in [0.25, 0.3) is 0 Å². The average Bonchev–Trinajstić information content (AvgIpc) is 2.61. The summed E-state index contributed by atoms with van der Waals surface area (Å²) in [7, 11) is 1.61. The number of aryl methyl sites for hydroxylation is 3. The standard InChI is InChI=1S/C21H21NO3/c1-12-9-14(3)16(10-13(12)2)18-19(21(24)20(18)23)22-11-15-7-5-6-8-17(15)25-4/h5-10,22H,11H2,1-4H3. The lowest BCUT2D eigenvalue weighted by molar-refractivity contribution is 0.410. The number of rotatable bonds is 5. The SMILES string of the molecule is COc1ccccc1CNc1c(-c2cc(C)c(C)cc2C)c(=O)c1=O. The van der Waals surface area contributed by atoms with Crippen molar-refractivity contribution < 1.29 is 4.74 Å². The van der Waals surface area contributed by atoms with Crippen LogP contribution in [0.1, 0.15) is 22.3 Å². The average molecular weight is 335 g/mol. The second kappa shape index (κ2) is 6.55. The molecule has 0 saturated carbocycles. The summed E-state index contributed by atoms with van der Waals surface area (Å²) in [4.78, 5) is 24.3. The topological polar surface area (TPSA) is 55.4 Å². The fourth-order valence-electron chi connectivity index (χ4n) is 3.08. The van der Waals surface area contributed by atoms with Crippen molar-refractivity contribution in [2.45, 2.75) is 27.3 Å². The summed E-state index contributed by atoms with van der Waals surface area (Å²) in [6.07, 6.45) is 0. The largest absolute Gasteiger partial charge is 0.496 e. The number of anilines is 1. The minimum atomic E-state index is -0.456. The van der Waals surface area contributed by atoms with Crippen LogP contribution in [0, 0.1) is 20.8 Å². The number of methoxy groups -OCH3 is 1. The van der Waals surface area contributed by atoms with Gasteiger partial charge in [-0.05, 0) is 49.1 Å². The molecule has 1 N–H and O–H groups in total. The Hall–Kier alpha value is -2.88. The van der Waals surface area contributed by atoms with E-state index in [1.165, 1.54) is 5.56 Å². The Morgan fingerprint density at radius 3 is 2.32 bits per heavy atom. The zero-order valence-electron chi connectivity index (χ0n) is 14.9. The molecule has 128 valence electrons. The number of para-hydroxylation sites is 1. The van der Waals surface area contributed by atoms with E-state index in [-0.39, 0.29) is 0 Å². The lowest BCUT2D eigenvalue weighted by Crippen LogP contribution is -2.36. The van der Waals surface area contributed by atoms with Crippen molar-refractivity contribution in [3.05, 3.63) is 79.1 Å². The molecule has 0 atom stereocenters. The predicted molar refractivity (Wildman–Crippen MR) is 101 cm³/mol. The van der Waals surface area contributed by atoms with E-state index in [0.29, 0.717) is 17.8 Å². The molecule has 0 fully saturated rings. The molecule has 25 heavy (non-hydrogen) atoms. The van der Waals surface area contributed by atoms with Gasteiger partial charge >= 0.3 is 0 Å². The minimum Gasteiger partial charge on any atom is -0.496 e. The van der Waals surface area contributed by atoms with Crippen LogP contribution < -0.4 is 20.9 Å². The normalized spacial score (nSPS) is 10.9. The van der Waals surface area contributed by atoms with Crippen molar-refractivity contribution in [2.75, 3.05) is 12.4 Å². The number of hydrogen-bond acceptors (Lipinski definition) is 4. The number of benzene rings is 2. The van der Waals surface area contributed by atoms with E-state index in [4.69, 9.17) is 4.74 Å². The highest BCUT2D eigenvalue weighted by molar-refractivity contribution is 5.84. The molecule has 3 aromatic carbocycles. The summed E-state index contributed by atoms with van der Waals surface area (Å²) in [6, 6.07) is 11.6. The van der Waals surface area contributed by atoms with Gasteiger partial charge < -0.3 is 10.1 Å². The monoisotopic (exact) mass is 335 g/mol. The van der Waals surface area contributed by atoms with Crippen molar-refractivity contribution in [3.63, 3.8) is 0 Å². The van der Waals surface area contributed by atoms with Crippen LogP contribution >= 0.6 is 0 Å².